The van der Waals surface area contributed by atoms with Gasteiger partial charge in [-0.1, -0.05) is 24.3 Å². The molecule has 1 aromatic carbocycles. The van der Waals surface area contributed by atoms with Crippen LogP contribution in [0.5, 0.6) is 0 Å². The minimum atomic E-state index is -4.56. The summed E-state index contributed by atoms with van der Waals surface area (Å²) in [6.45, 7) is 1.62. The fourth-order valence-electron chi connectivity index (χ4n) is 3.50. The summed E-state index contributed by atoms with van der Waals surface area (Å²) in [6, 6.07) is 7.58. The van der Waals surface area contributed by atoms with Crippen LogP contribution in [0.3, 0.4) is 0 Å². The third-order valence-electron chi connectivity index (χ3n) is 5.07. The number of ether oxygens (including phenoxy) is 1. The number of nitrogens with zero attached hydrogens (tertiary/aromatic N) is 3. The van der Waals surface area contributed by atoms with Gasteiger partial charge >= 0.3 is 18.3 Å². The number of fused-ring (bicyclic) bond motifs is 1. The number of aromatic nitrogens is 2. The van der Waals surface area contributed by atoms with Crippen molar-refractivity contribution in [3.05, 3.63) is 71.8 Å². The van der Waals surface area contributed by atoms with Gasteiger partial charge in [0, 0.05) is 30.5 Å². The van der Waals surface area contributed by atoms with Crippen LogP contribution in [-0.4, -0.2) is 33.0 Å². The van der Waals surface area contributed by atoms with E-state index in [-0.39, 0.29) is 12.2 Å². The van der Waals surface area contributed by atoms with Gasteiger partial charge in [0.2, 0.25) is 0 Å². The van der Waals surface area contributed by atoms with Crippen LogP contribution in [0.4, 0.5) is 22.8 Å². The Hall–Kier alpha value is -3.69. The molecule has 1 aliphatic heterocycles. The average Bonchev–Trinajstić information content (AvgIpc) is 3.05. The van der Waals surface area contributed by atoms with Crippen LogP contribution >= 0.6 is 0 Å². The SMILES string of the molecule is C[C@H]1[C@@H](c2cc(C(F)(F)F)ccn2)OC(=O)N1C(=O)NCc1cncc2ccccc12. The molecule has 1 N–H and O–H groups in total. The molecule has 10 heteroatoms. The zero-order valence-corrected chi connectivity index (χ0v) is 16.3. The van der Waals surface area contributed by atoms with E-state index in [1.54, 1.807) is 12.4 Å². The Balaban J connectivity index is 1.50. The summed E-state index contributed by atoms with van der Waals surface area (Å²) in [5.74, 6) is 0. The maximum Gasteiger partial charge on any atom is 0.419 e. The van der Waals surface area contributed by atoms with Gasteiger partial charge in [0.25, 0.3) is 0 Å². The number of carbonyl (C=O) groups excluding carboxylic acids is 2. The van der Waals surface area contributed by atoms with Crippen LogP contribution in [0.2, 0.25) is 0 Å². The number of carbonyl (C=O) groups is 2. The quantitative estimate of drug-likeness (QED) is 0.664. The number of benzene rings is 1. The molecule has 1 aliphatic rings. The van der Waals surface area contributed by atoms with Gasteiger partial charge in [-0.2, -0.15) is 13.2 Å². The molecule has 1 saturated heterocycles. The molecule has 0 unspecified atom stereocenters. The first-order valence-corrected chi connectivity index (χ1v) is 9.38. The molecule has 0 spiro atoms. The van der Waals surface area contributed by atoms with Crippen molar-refractivity contribution in [1.29, 1.82) is 0 Å². The molecular formula is C21H17F3N4O3. The van der Waals surface area contributed by atoms with Crippen LogP contribution in [0.25, 0.3) is 10.8 Å². The van der Waals surface area contributed by atoms with Crippen molar-refractivity contribution in [2.75, 3.05) is 0 Å². The molecule has 4 rings (SSSR count). The van der Waals surface area contributed by atoms with E-state index in [1.807, 2.05) is 24.3 Å². The molecule has 2 aromatic heterocycles. The maximum absolute atomic E-state index is 13.0. The second-order valence-electron chi connectivity index (χ2n) is 7.06. The van der Waals surface area contributed by atoms with E-state index < -0.39 is 36.0 Å². The third-order valence-corrected chi connectivity index (χ3v) is 5.07. The number of hydrogen-bond donors (Lipinski definition) is 1. The molecule has 3 aromatic rings. The number of cyclic esters (lactones) is 1. The highest BCUT2D eigenvalue weighted by atomic mass is 19.4. The Morgan fingerprint density at radius 2 is 2.00 bits per heavy atom. The van der Waals surface area contributed by atoms with E-state index in [2.05, 4.69) is 15.3 Å². The van der Waals surface area contributed by atoms with Gasteiger partial charge in [0.05, 0.1) is 17.3 Å². The van der Waals surface area contributed by atoms with E-state index in [1.165, 1.54) is 6.92 Å². The van der Waals surface area contributed by atoms with E-state index in [0.717, 1.165) is 39.6 Å². The Morgan fingerprint density at radius 3 is 2.77 bits per heavy atom. The molecule has 3 amide bonds. The highest BCUT2D eigenvalue weighted by Crippen LogP contribution is 2.35. The lowest BCUT2D eigenvalue weighted by atomic mass is 10.1. The summed E-state index contributed by atoms with van der Waals surface area (Å²) < 4.78 is 44.1. The second kappa shape index (κ2) is 7.86. The largest absolute Gasteiger partial charge is 0.437 e. The third kappa shape index (κ3) is 4.00. The molecule has 0 bridgehead atoms. The highest BCUT2D eigenvalue weighted by Gasteiger charge is 2.45. The average molecular weight is 430 g/mol. The normalized spacial score (nSPS) is 18.8. The predicted octanol–water partition coefficient (Wildman–Crippen LogP) is 4.44. The van der Waals surface area contributed by atoms with Crippen molar-refractivity contribution in [2.24, 2.45) is 0 Å². The van der Waals surface area contributed by atoms with Crippen molar-refractivity contribution in [3.8, 4) is 0 Å². The standard InChI is InChI=1S/C21H17F3N4O3/c1-12-18(17-8-15(6-7-26-17)21(22,23)24)31-20(30)28(12)19(29)27-11-14-10-25-9-13-4-2-3-5-16(13)14/h2-10,12,18H,11H2,1H3,(H,27,29)/t12-,18-/m0/s1. The van der Waals surface area contributed by atoms with Gasteiger partial charge < -0.3 is 10.1 Å². The molecule has 0 saturated carbocycles. The monoisotopic (exact) mass is 430 g/mol. The first-order valence-electron chi connectivity index (χ1n) is 9.38. The molecular weight excluding hydrogens is 413 g/mol. The second-order valence-corrected chi connectivity index (χ2v) is 7.06. The lowest BCUT2D eigenvalue weighted by Crippen LogP contribution is -2.44. The molecule has 3 heterocycles. The van der Waals surface area contributed by atoms with Crippen LogP contribution in [-0.2, 0) is 17.5 Å². The topological polar surface area (TPSA) is 84.4 Å². The highest BCUT2D eigenvalue weighted by molar-refractivity contribution is 5.93. The van der Waals surface area contributed by atoms with E-state index in [9.17, 15) is 22.8 Å². The summed E-state index contributed by atoms with van der Waals surface area (Å²) in [5.41, 5.74) is -0.237. The van der Waals surface area contributed by atoms with E-state index in [0.29, 0.717) is 0 Å². The van der Waals surface area contributed by atoms with Gasteiger partial charge in [-0.25, -0.2) is 14.5 Å². The maximum atomic E-state index is 13.0. The number of nitrogens with one attached hydrogen (secondary N) is 1. The van der Waals surface area contributed by atoms with Crippen LogP contribution in [0.15, 0.2) is 55.0 Å². The van der Waals surface area contributed by atoms with Crippen molar-refractivity contribution < 1.29 is 27.5 Å². The smallest absolute Gasteiger partial charge is 0.419 e. The fraction of sp³-hybridized carbons (Fsp3) is 0.238. The Morgan fingerprint density at radius 1 is 1.23 bits per heavy atom. The molecule has 0 aliphatic carbocycles. The molecule has 31 heavy (non-hydrogen) atoms. The molecule has 1 fully saturated rings. The lowest BCUT2D eigenvalue weighted by molar-refractivity contribution is -0.137. The number of alkyl halides is 3. The first-order chi connectivity index (χ1) is 14.8. The van der Waals surface area contributed by atoms with Gasteiger partial charge in [-0.15, -0.1) is 0 Å². The Labute approximate surface area is 174 Å². The van der Waals surface area contributed by atoms with Crippen molar-refractivity contribution >= 4 is 22.9 Å². The van der Waals surface area contributed by atoms with Gasteiger partial charge in [-0.3, -0.25) is 9.97 Å². The molecule has 2 atom stereocenters. The van der Waals surface area contributed by atoms with Gasteiger partial charge in [0.1, 0.15) is 0 Å². The van der Waals surface area contributed by atoms with Crippen LogP contribution < -0.4 is 5.32 Å². The van der Waals surface area contributed by atoms with E-state index >= 15 is 0 Å². The van der Waals surface area contributed by atoms with Gasteiger partial charge in [0.15, 0.2) is 6.10 Å². The van der Waals surface area contributed by atoms with Crippen LogP contribution in [0.1, 0.15) is 29.8 Å². The lowest BCUT2D eigenvalue weighted by Gasteiger charge is -2.20. The minimum absolute atomic E-state index is 0.0794. The minimum Gasteiger partial charge on any atom is -0.437 e. The summed E-state index contributed by atoms with van der Waals surface area (Å²) in [4.78, 5) is 33.8. The molecule has 160 valence electrons. The number of rotatable bonds is 3. The van der Waals surface area contributed by atoms with Crippen molar-refractivity contribution in [3.63, 3.8) is 0 Å². The first kappa shape index (κ1) is 20.6. The number of pyridine rings is 2. The fourth-order valence-corrected chi connectivity index (χ4v) is 3.50. The molecule has 0 radical (unpaired) electrons. The van der Waals surface area contributed by atoms with Crippen molar-refractivity contribution in [1.82, 2.24) is 20.2 Å². The predicted molar refractivity (Wildman–Crippen MR) is 104 cm³/mol. The summed E-state index contributed by atoms with van der Waals surface area (Å²) in [6.07, 6.45) is -2.32. The van der Waals surface area contributed by atoms with Gasteiger partial charge in [-0.05, 0) is 30.0 Å². The number of halogens is 3. The number of urea groups is 1. The number of amides is 3. The summed E-state index contributed by atoms with van der Waals surface area (Å²) in [5, 5.41) is 4.45. The zero-order valence-electron chi connectivity index (χ0n) is 16.3. The summed E-state index contributed by atoms with van der Waals surface area (Å²) in [7, 11) is 0. The zero-order chi connectivity index (χ0) is 22.2. The Kier molecular flexibility index (Phi) is 5.22. The number of hydrogen-bond acceptors (Lipinski definition) is 5. The Bertz CT molecular complexity index is 1150. The van der Waals surface area contributed by atoms with Crippen LogP contribution in [0, 0.1) is 0 Å². The van der Waals surface area contributed by atoms with E-state index in [4.69, 9.17) is 4.74 Å². The summed E-state index contributed by atoms with van der Waals surface area (Å²) >= 11 is 0. The van der Waals surface area contributed by atoms with Crippen molar-refractivity contribution in [2.45, 2.75) is 31.8 Å². The number of imide groups is 1. The molecule has 7 nitrogen and oxygen atoms in total.